The average molecular weight is 352 g/mol. The first-order chi connectivity index (χ1) is 12.1. The molecule has 5 heteroatoms. The van der Waals surface area contributed by atoms with Gasteiger partial charge < -0.3 is 10.6 Å². The molecule has 2 amide bonds. The van der Waals surface area contributed by atoms with Crippen molar-refractivity contribution in [2.24, 2.45) is 5.41 Å². The molecule has 0 bridgehead atoms. The van der Waals surface area contributed by atoms with Crippen LogP contribution in [-0.2, 0) is 9.59 Å². The van der Waals surface area contributed by atoms with Crippen molar-refractivity contribution in [3.05, 3.63) is 59.2 Å². The summed E-state index contributed by atoms with van der Waals surface area (Å²) in [6.07, 6.45) is 0. The number of hydrogen-bond donors (Lipinski definition) is 2. The van der Waals surface area contributed by atoms with E-state index in [2.05, 4.69) is 10.6 Å². The highest BCUT2D eigenvalue weighted by Crippen LogP contribution is 2.24. The molecule has 5 nitrogen and oxygen atoms in total. The zero-order chi connectivity index (χ0) is 19.5. The molecule has 2 N–H and O–H groups in total. The quantitative estimate of drug-likeness (QED) is 0.628. The minimum absolute atomic E-state index is 0.0899. The third-order valence-electron chi connectivity index (χ3n) is 4.29. The molecule has 0 aliphatic carbocycles. The Kier molecular flexibility index (Phi) is 5.60. The molecule has 136 valence electrons. The number of Topliss-reactive ketones (excluding diaryl/α,β-unsaturated/α-hetero) is 1. The lowest BCUT2D eigenvalue weighted by molar-refractivity contribution is -0.135. The largest absolute Gasteiger partial charge is 0.325 e. The van der Waals surface area contributed by atoms with Gasteiger partial charge in [-0.2, -0.15) is 0 Å². The Hall–Kier alpha value is -2.95. The van der Waals surface area contributed by atoms with Gasteiger partial charge in [0.2, 0.25) is 11.8 Å². The number of nitrogens with one attached hydrogen (secondary N) is 2. The van der Waals surface area contributed by atoms with Gasteiger partial charge in [0.15, 0.2) is 5.78 Å². The maximum Gasteiger partial charge on any atom is 0.239 e. The van der Waals surface area contributed by atoms with Crippen LogP contribution in [0.25, 0.3) is 0 Å². The fourth-order valence-corrected chi connectivity index (χ4v) is 2.44. The van der Waals surface area contributed by atoms with Gasteiger partial charge in [0, 0.05) is 16.9 Å². The average Bonchev–Trinajstić information content (AvgIpc) is 2.57. The standard InChI is InChI=1S/C21H24N2O3/c1-13-9-10-18(14(2)11-13)23-20(26)21(4,5)19(25)22-17-8-6-7-16(12-17)15(3)24/h6-12H,1-5H3,(H,22,25)(H,23,26). The Labute approximate surface area is 153 Å². The molecule has 0 aliphatic rings. The molecule has 2 aromatic rings. The molecule has 0 atom stereocenters. The molecular formula is C21H24N2O3. The number of hydrogen-bond acceptors (Lipinski definition) is 3. The lowest BCUT2D eigenvalue weighted by Gasteiger charge is -2.23. The maximum atomic E-state index is 12.7. The Bertz CT molecular complexity index is 869. The zero-order valence-electron chi connectivity index (χ0n) is 15.8. The van der Waals surface area contributed by atoms with E-state index in [1.807, 2.05) is 32.0 Å². The number of amides is 2. The molecule has 0 aliphatic heterocycles. The number of carbonyl (C=O) groups excluding carboxylic acids is 3. The van der Waals surface area contributed by atoms with Gasteiger partial charge in [0.25, 0.3) is 0 Å². The monoisotopic (exact) mass is 352 g/mol. The third-order valence-corrected chi connectivity index (χ3v) is 4.29. The van der Waals surface area contributed by atoms with E-state index in [4.69, 9.17) is 0 Å². The highest BCUT2D eigenvalue weighted by Gasteiger charge is 2.36. The summed E-state index contributed by atoms with van der Waals surface area (Å²) in [6, 6.07) is 12.3. The molecule has 0 saturated heterocycles. The van der Waals surface area contributed by atoms with Crippen LogP contribution >= 0.6 is 0 Å². The summed E-state index contributed by atoms with van der Waals surface area (Å²) in [5.41, 5.74) is 2.41. The molecule has 0 radical (unpaired) electrons. The van der Waals surface area contributed by atoms with E-state index in [0.29, 0.717) is 16.9 Å². The van der Waals surface area contributed by atoms with Crippen molar-refractivity contribution in [1.29, 1.82) is 0 Å². The van der Waals surface area contributed by atoms with Crippen LogP contribution < -0.4 is 10.6 Å². The minimum atomic E-state index is -1.29. The number of carbonyl (C=O) groups is 3. The number of aryl methyl sites for hydroxylation is 2. The van der Waals surface area contributed by atoms with Crippen molar-refractivity contribution in [3.63, 3.8) is 0 Å². The molecule has 26 heavy (non-hydrogen) atoms. The van der Waals surface area contributed by atoms with Gasteiger partial charge in [-0.1, -0.05) is 29.8 Å². The predicted octanol–water partition coefficient (Wildman–Crippen LogP) is 4.11. The Morgan fingerprint density at radius 2 is 1.54 bits per heavy atom. The van der Waals surface area contributed by atoms with Crippen LogP contribution in [-0.4, -0.2) is 17.6 Å². The maximum absolute atomic E-state index is 12.7. The SMILES string of the molecule is CC(=O)c1cccc(NC(=O)C(C)(C)C(=O)Nc2ccc(C)cc2C)c1. The van der Waals surface area contributed by atoms with Crippen molar-refractivity contribution >= 4 is 29.0 Å². The Morgan fingerprint density at radius 1 is 0.885 bits per heavy atom. The van der Waals surface area contributed by atoms with Crippen molar-refractivity contribution in [1.82, 2.24) is 0 Å². The highest BCUT2D eigenvalue weighted by molar-refractivity contribution is 6.14. The van der Waals surface area contributed by atoms with Crippen LogP contribution in [0, 0.1) is 19.3 Å². The Balaban J connectivity index is 2.14. The fourth-order valence-electron chi connectivity index (χ4n) is 2.44. The van der Waals surface area contributed by atoms with E-state index < -0.39 is 17.2 Å². The summed E-state index contributed by atoms with van der Waals surface area (Å²) in [4.78, 5) is 36.8. The zero-order valence-corrected chi connectivity index (χ0v) is 15.8. The van der Waals surface area contributed by atoms with E-state index in [1.165, 1.54) is 6.92 Å². The highest BCUT2D eigenvalue weighted by atomic mass is 16.2. The predicted molar refractivity (Wildman–Crippen MR) is 103 cm³/mol. The number of rotatable bonds is 5. The topological polar surface area (TPSA) is 75.3 Å². The molecule has 0 spiro atoms. The van der Waals surface area contributed by atoms with Gasteiger partial charge in [0.1, 0.15) is 5.41 Å². The van der Waals surface area contributed by atoms with E-state index >= 15 is 0 Å². The number of ketones is 1. The van der Waals surface area contributed by atoms with E-state index in [1.54, 1.807) is 38.1 Å². The first-order valence-corrected chi connectivity index (χ1v) is 8.42. The molecule has 0 heterocycles. The molecule has 0 saturated carbocycles. The van der Waals surface area contributed by atoms with Gasteiger partial charge in [-0.05, 0) is 58.4 Å². The molecule has 0 aromatic heterocycles. The molecule has 2 aromatic carbocycles. The summed E-state index contributed by atoms with van der Waals surface area (Å²) in [5.74, 6) is -0.932. The summed E-state index contributed by atoms with van der Waals surface area (Å²) in [5, 5.41) is 5.54. The lowest BCUT2D eigenvalue weighted by Crippen LogP contribution is -2.41. The minimum Gasteiger partial charge on any atom is -0.325 e. The van der Waals surface area contributed by atoms with Crippen LogP contribution in [0.3, 0.4) is 0 Å². The first kappa shape index (κ1) is 19.4. The third kappa shape index (κ3) is 4.36. The van der Waals surface area contributed by atoms with Crippen LogP contribution in [0.4, 0.5) is 11.4 Å². The van der Waals surface area contributed by atoms with Gasteiger partial charge in [0.05, 0.1) is 0 Å². The van der Waals surface area contributed by atoms with E-state index in [-0.39, 0.29) is 5.78 Å². The molecular weight excluding hydrogens is 328 g/mol. The van der Waals surface area contributed by atoms with Crippen molar-refractivity contribution in [2.75, 3.05) is 10.6 Å². The second-order valence-corrected chi connectivity index (χ2v) is 6.99. The van der Waals surface area contributed by atoms with Crippen LogP contribution in [0.15, 0.2) is 42.5 Å². The normalized spacial score (nSPS) is 11.0. The summed E-state index contributed by atoms with van der Waals surface area (Å²) >= 11 is 0. The second-order valence-electron chi connectivity index (χ2n) is 6.99. The van der Waals surface area contributed by atoms with Gasteiger partial charge in [-0.25, -0.2) is 0 Å². The van der Waals surface area contributed by atoms with Crippen LogP contribution in [0.2, 0.25) is 0 Å². The fraction of sp³-hybridized carbons (Fsp3) is 0.286. The summed E-state index contributed by atoms with van der Waals surface area (Å²) in [7, 11) is 0. The first-order valence-electron chi connectivity index (χ1n) is 8.42. The van der Waals surface area contributed by atoms with E-state index in [0.717, 1.165) is 11.1 Å². The summed E-state index contributed by atoms with van der Waals surface area (Å²) in [6.45, 7) is 8.47. The van der Waals surface area contributed by atoms with Gasteiger partial charge >= 0.3 is 0 Å². The van der Waals surface area contributed by atoms with Crippen molar-refractivity contribution < 1.29 is 14.4 Å². The molecule has 0 fully saturated rings. The molecule has 2 rings (SSSR count). The van der Waals surface area contributed by atoms with Gasteiger partial charge in [-0.3, -0.25) is 14.4 Å². The van der Waals surface area contributed by atoms with Crippen molar-refractivity contribution in [2.45, 2.75) is 34.6 Å². The smallest absolute Gasteiger partial charge is 0.239 e. The van der Waals surface area contributed by atoms with Crippen molar-refractivity contribution in [3.8, 4) is 0 Å². The Morgan fingerprint density at radius 3 is 2.15 bits per heavy atom. The number of anilines is 2. The number of benzene rings is 2. The van der Waals surface area contributed by atoms with Crippen LogP contribution in [0.1, 0.15) is 42.3 Å². The van der Waals surface area contributed by atoms with E-state index in [9.17, 15) is 14.4 Å². The van der Waals surface area contributed by atoms with Crippen LogP contribution in [0.5, 0.6) is 0 Å². The molecule has 0 unspecified atom stereocenters. The van der Waals surface area contributed by atoms with Gasteiger partial charge in [-0.15, -0.1) is 0 Å². The lowest BCUT2D eigenvalue weighted by atomic mass is 9.90. The summed E-state index contributed by atoms with van der Waals surface area (Å²) < 4.78 is 0. The second kappa shape index (κ2) is 7.52.